The van der Waals surface area contributed by atoms with E-state index in [-0.39, 0.29) is 6.04 Å². The van der Waals surface area contributed by atoms with Crippen LogP contribution in [0.3, 0.4) is 0 Å². The van der Waals surface area contributed by atoms with Gasteiger partial charge < -0.3 is 9.47 Å². The zero-order valence-corrected chi connectivity index (χ0v) is 13.0. The molecule has 0 aliphatic heterocycles. The molecule has 20 heavy (non-hydrogen) atoms. The van der Waals surface area contributed by atoms with Crippen molar-refractivity contribution in [1.29, 1.82) is 0 Å². The molecule has 2 rings (SSSR count). The molecule has 3 N–H and O–H groups in total. The lowest BCUT2D eigenvalue weighted by Gasteiger charge is -2.20. The fraction of sp³-hybridized carbons (Fsp3) is 0.200. The molecule has 0 spiro atoms. The second kappa shape index (κ2) is 6.74. The van der Waals surface area contributed by atoms with Crippen LogP contribution in [0.4, 0.5) is 0 Å². The lowest BCUT2D eigenvalue weighted by Crippen LogP contribution is -2.29. The molecule has 0 bridgehead atoms. The average Bonchev–Trinajstić information content (AvgIpc) is 2.50. The molecule has 0 fully saturated rings. The van der Waals surface area contributed by atoms with Crippen LogP contribution in [0.15, 0.2) is 46.9 Å². The molecule has 106 valence electrons. The fourth-order valence-electron chi connectivity index (χ4n) is 2.08. The summed E-state index contributed by atoms with van der Waals surface area (Å²) in [6, 6.07) is 13.5. The van der Waals surface area contributed by atoms with Gasteiger partial charge in [0.2, 0.25) is 0 Å². The van der Waals surface area contributed by atoms with E-state index in [1.54, 1.807) is 14.2 Å². The maximum absolute atomic E-state index is 5.72. The Bertz CT molecular complexity index is 573. The highest BCUT2D eigenvalue weighted by Gasteiger charge is 2.17. The quantitative estimate of drug-likeness (QED) is 0.651. The van der Waals surface area contributed by atoms with E-state index in [2.05, 4.69) is 21.4 Å². The predicted octanol–water partition coefficient (Wildman–Crippen LogP) is 3.02. The van der Waals surface area contributed by atoms with Gasteiger partial charge in [0, 0.05) is 16.1 Å². The standard InChI is InChI=1S/C15H17BrN2O2/c1-19-12-7-8-13(14(9-12)20-2)15(18-17)10-3-5-11(16)6-4-10/h3-9,15,18H,17H2,1-2H3. The third kappa shape index (κ3) is 3.12. The summed E-state index contributed by atoms with van der Waals surface area (Å²) < 4.78 is 11.7. The lowest BCUT2D eigenvalue weighted by molar-refractivity contribution is 0.387. The SMILES string of the molecule is COc1ccc(C(NN)c2ccc(Br)cc2)c(OC)c1. The summed E-state index contributed by atoms with van der Waals surface area (Å²) in [5, 5.41) is 0. The molecule has 0 aromatic heterocycles. The maximum atomic E-state index is 5.72. The summed E-state index contributed by atoms with van der Waals surface area (Å²) in [6.45, 7) is 0. The molecule has 5 heteroatoms. The molecule has 2 aromatic carbocycles. The van der Waals surface area contributed by atoms with Gasteiger partial charge in [0.25, 0.3) is 0 Å². The molecule has 1 unspecified atom stereocenters. The molecule has 0 saturated carbocycles. The minimum atomic E-state index is -0.149. The third-order valence-corrected chi connectivity index (χ3v) is 3.65. The van der Waals surface area contributed by atoms with Gasteiger partial charge in [-0.1, -0.05) is 28.1 Å². The molecule has 0 heterocycles. The van der Waals surface area contributed by atoms with Crippen molar-refractivity contribution in [2.24, 2.45) is 5.84 Å². The second-order valence-corrected chi connectivity index (χ2v) is 5.17. The Labute approximate surface area is 127 Å². The molecule has 0 amide bonds. The maximum Gasteiger partial charge on any atom is 0.127 e. The van der Waals surface area contributed by atoms with Crippen LogP contribution in [0.1, 0.15) is 17.2 Å². The number of nitrogens with one attached hydrogen (secondary N) is 1. The van der Waals surface area contributed by atoms with Gasteiger partial charge in [0.1, 0.15) is 11.5 Å². The summed E-state index contributed by atoms with van der Waals surface area (Å²) in [6.07, 6.45) is 0. The second-order valence-electron chi connectivity index (χ2n) is 4.26. The molecule has 0 aliphatic carbocycles. The van der Waals surface area contributed by atoms with E-state index >= 15 is 0 Å². The summed E-state index contributed by atoms with van der Waals surface area (Å²) >= 11 is 3.43. The smallest absolute Gasteiger partial charge is 0.127 e. The van der Waals surface area contributed by atoms with Gasteiger partial charge in [-0.25, -0.2) is 5.43 Å². The van der Waals surface area contributed by atoms with Crippen LogP contribution in [0.25, 0.3) is 0 Å². The Kier molecular flexibility index (Phi) is 5.00. The molecular weight excluding hydrogens is 320 g/mol. The van der Waals surface area contributed by atoms with Crippen LogP contribution in [-0.2, 0) is 0 Å². The van der Waals surface area contributed by atoms with Crippen molar-refractivity contribution in [2.45, 2.75) is 6.04 Å². The molecule has 1 atom stereocenters. The van der Waals surface area contributed by atoms with Crippen LogP contribution in [-0.4, -0.2) is 14.2 Å². The Morgan fingerprint density at radius 2 is 1.75 bits per heavy atom. The van der Waals surface area contributed by atoms with Crippen LogP contribution >= 0.6 is 15.9 Å². The molecule has 4 nitrogen and oxygen atoms in total. The number of methoxy groups -OCH3 is 2. The molecule has 0 saturated heterocycles. The third-order valence-electron chi connectivity index (χ3n) is 3.12. The van der Waals surface area contributed by atoms with Crippen LogP contribution in [0.5, 0.6) is 11.5 Å². The lowest BCUT2D eigenvalue weighted by atomic mass is 9.98. The van der Waals surface area contributed by atoms with Crippen molar-refractivity contribution in [3.8, 4) is 11.5 Å². The zero-order valence-electron chi connectivity index (χ0n) is 11.4. The van der Waals surface area contributed by atoms with Crippen molar-refractivity contribution in [3.05, 3.63) is 58.1 Å². The fourth-order valence-corrected chi connectivity index (χ4v) is 2.34. The van der Waals surface area contributed by atoms with Crippen molar-refractivity contribution < 1.29 is 9.47 Å². The van der Waals surface area contributed by atoms with Crippen molar-refractivity contribution in [1.82, 2.24) is 5.43 Å². The van der Waals surface area contributed by atoms with Crippen molar-refractivity contribution >= 4 is 15.9 Å². The Balaban J connectivity index is 2.43. The number of hydrogen-bond acceptors (Lipinski definition) is 4. The number of nitrogens with two attached hydrogens (primary N) is 1. The first-order valence-electron chi connectivity index (χ1n) is 6.13. The highest BCUT2D eigenvalue weighted by molar-refractivity contribution is 9.10. The molecular formula is C15H17BrN2O2. The number of halogens is 1. The number of benzene rings is 2. The van der Waals surface area contributed by atoms with Gasteiger partial charge in [-0.15, -0.1) is 0 Å². The van der Waals surface area contributed by atoms with Gasteiger partial charge in [-0.05, 0) is 29.8 Å². The van der Waals surface area contributed by atoms with Crippen LogP contribution < -0.4 is 20.7 Å². The van der Waals surface area contributed by atoms with E-state index in [9.17, 15) is 0 Å². The molecule has 2 aromatic rings. The van der Waals surface area contributed by atoms with Gasteiger partial charge in [0.05, 0.1) is 20.3 Å². The minimum absolute atomic E-state index is 0.149. The van der Waals surface area contributed by atoms with Crippen LogP contribution in [0.2, 0.25) is 0 Å². The van der Waals surface area contributed by atoms with Gasteiger partial charge in [0.15, 0.2) is 0 Å². The Hall–Kier alpha value is -1.56. The Morgan fingerprint density at radius 1 is 1.05 bits per heavy atom. The Morgan fingerprint density at radius 3 is 2.30 bits per heavy atom. The first-order chi connectivity index (χ1) is 9.69. The molecule has 0 aliphatic rings. The highest BCUT2D eigenvalue weighted by atomic mass is 79.9. The van der Waals surface area contributed by atoms with Gasteiger partial charge >= 0.3 is 0 Å². The number of hydrogen-bond donors (Lipinski definition) is 2. The zero-order chi connectivity index (χ0) is 14.5. The number of ether oxygens (including phenoxy) is 2. The highest BCUT2D eigenvalue weighted by Crippen LogP contribution is 2.32. The van der Waals surface area contributed by atoms with E-state index < -0.39 is 0 Å². The molecule has 0 radical (unpaired) electrons. The largest absolute Gasteiger partial charge is 0.497 e. The van der Waals surface area contributed by atoms with Gasteiger partial charge in [-0.3, -0.25) is 5.84 Å². The first kappa shape index (κ1) is 14.8. The van der Waals surface area contributed by atoms with E-state index in [4.69, 9.17) is 15.3 Å². The monoisotopic (exact) mass is 336 g/mol. The van der Waals surface area contributed by atoms with E-state index in [1.165, 1.54) is 0 Å². The summed E-state index contributed by atoms with van der Waals surface area (Å²) in [4.78, 5) is 0. The summed E-state index contributed by atoms with van der Waals surface area (Å²) in [5.74, 6) is 7.20. The van der Waals surface area contributed by atoms with E-state index in [0.717, 1.165) is 27.1 Å². The number of hydrazine groups is 1. The van der Waals surface area contributed by atoms with Crippen molar-refractivity contribution in [3.63, 3.8) is 0 Å². The topological polar surface area (TPSA) is 56.5 Å². The minimum Gasteiger partial charge on any atom is -0.497 e. The van der Waals surface area contributed by atoms with E-state index in [1.807, 2.05) is 42.5 Å². The number of rotatable bonds is 5. The summed E-state index contributed by atoms with van der Waals surface area (Å²) in [5.41, 5.74) is 4.84. The normalized spacial score (nSPS) is 12.0. The average molecular weight is 337 g/mol. The van der Waals surface area contributed by atoms with E-state index in [0.29, 0.717) is 0 Å². The van der Waals surface area contributed by atoms with Crippen LogP contribution in [0, 0.1) is 0 Å². The van der Waals surface area contributed by atoms with Crippen molar-refractivity contribution in [2.75, 3.05) is 14.2 Å². The summed E-state index contributed by atoms with van der Waals surface area (Å²) in [7, 11) is 3.26. The first-order valence-corrected chi connectivity index (χ1v) is 6.92. The predicted molar refractivity (Wildman–Crippen MR) is 82.9 cm³/mol. The van der Waals surface area contributed by atoms with Gasteiger partial charge in [-0.2, -0.15) is 0 Å².